The number of para-hydroxylation sites is 2. The molecule has 0 aliphatic carbocycles. The Morgan fingerprint density at radius 2 is 1.76 bits per heavy atom. The number of hydrogen-bond donors (Lipinski definition) is 3. The van der Waals surface area contributed by atoms with Crippen molar-refractivity contribution in [1.29, 1.82) is 0 Å². The average Bonchev–Trinajstić information content (AvgIpc) is 2.94. The first-order valence-corrected chi connectivity index (χ1v) is 13.0. The second-order valence-electron chi connectivity index (χ2n) is 9.47. The molecule has 1 aliphatic rings. The van der Waals surface area contributed by atoms with E-state index in [1.54, 1.807) is 41.4 Å². The van der Waals surface area contributed by atoms with Crippen LogP contribution < -0.4 is 16.4 Å². The number of urea groups is 1. The molecule has 9 nitrogen and oxygen atoms in total. The van der Waals surface area contributed by atoms with E-state index in [9.17, 15) is 9.59 Å². The number of carbonyl (C=O) groups is 2. The number of rotatable bonds is 10. The molecule has 9 heteroatoms. The maximum atomic E-state index is 13.2. The predicted molar refractivity (Wildman–Crippen MR) is 150 cm³/mol. The molecule has 1 aromatic heterocycles. The molecule has 0 bridgehead atoms. The third-order valence-corrected chi connectivity index (χ3v) is 6.49. The fourth-order valence-corrected chi connectivity index (χ4v) is 4.22. The number of ether oxygens (including phenoxy) is 1. The van der Waals surface area contributed by atoms with Crippen LogP contribution in [0, 0.1) is 6.92 Å². The lowest BCUT2D eigenvalue weighted by molar-refractivity contribution is 0.0370. The molecule has 38 heavy (non-hydrogen) atoms. The molecule has 0 unspecified atom stereocenters. The van der Waals surface area contributed by atoms with Crippen LogP contribution >= 0.6 is 0 Å². The highest BCUT2D eigenvalue weighted by molar-refractivity contribution is 6.04. The number of nitrogens with one attached hydrogen (secondary N) is 2. The van der Waals surface area contributed by atoms with Gasteiger partial charge in [0.15, 0.2) is 0 Å². The van der Waals surface area contributed by atoms with Crippen molar-refractivity contribution in [3.05, 3.63) is 83.7 Å². The van der Waals surface area contributed by atoms with Crippen LogP contribution in [0.5, 0.6) is 0 Å². The van der Waals surface area contributed by atoms with Gasteiger partial charge in [0, 0.05) is 38.1 Å². The first-order chi connectivity index (χ1) is 18.5. The lowest BCUT2D eigenvalue weighted by Crippen LogP contribution is -2.38. The Morgan fingerprint density at radius 3 is 2.47 bits per heavy atom. The van der Waals surface area contributed by atoms with Crippen molar-refractivity contribution in [3.63, 3.8) is 0 Å². The number of nitrogens with two attached hydrogens (primary N) is 1. The second kappa shape index (κ2) is 13.6. The van der Waals surface area contributed by atoms with Crippen molar-refractivity contribution < 1.29 is 14.3 Å². The topological polar surface area (TPSA) is 113 Å². The van der Waals surface area contributed by atoms with Gasteiger partial charge in [-0.1, -0.05) is 35.9 Å². The number of nitrogen functional groups attached to an aromatic ring is 1. The van der Waals surface area contributed by atoms with Crippen molar-refractivity contribution in [1.82, 2.24) is 14.8 Å². The summed E-state index contributed by atoms with van der Waals surface area (Å²) in [7, 11) is 0. The van der Waals surface area contributed by atoms with Gasteiger partial charge in [-0.25, -0.2) is 4.79 Å². The largest absolute Gasteiger partial charge is 0.397 e. The van der Waals surface area contributed by atoms with E-state index in [2.05, 4.69) is 20.5 Å². The minimum Gasteiger partial charge on any atom is -0.397 e. The molecule has 1 aliphatic heterocycles. The molecular formula is C29H36N6O3. The molecule has 200 valence electrons. The van der Waals surface area contributed by atoms with Crippen molar-refractivity contribution >= 4 is 29.0 Å². The van der Waals surface area contributed by atoms with Gasteiger partial charge in [-0.3, -0.25) is 14.7 Å². The van der Waals surface area contributed by atoms with Crippen LogP contribution in [0.3, 0.4) is 0 Å². The van der Waals surface area contributed by atoms with Crippen LogP contribution in [0.1, 0.15) is 34.5 Å². The Morgan fingerprint density at radius 1 is 1.00 bits per heavy atom. The molecule has 1 saturated heterocycles. The summed E-state index contributed by atoms with van der Waals surface area (Å²) in [5.41, 5.74) is 9.95. The minimum absolute atomic E-state index is 0.165. The van der Waals surface area contributed by atoms with Gasteiger partial charge in [0.25, 0.3) is 5.91 Å². The molecule has 0 atom stereocenters. The number of aryl methyl sites for hydroxylation is 1. The summed E-state index contributed by atoms with van der Waals surface area (Å²) in [5.74, 6) is -0.341. The molecule has 0 spiro atoms. The standard InChI is InChI=1S/C29H36N6O3/c1-22-8-11-24(12-9-22)32-29(37)35(15-5-4-14-34-16-18-38-19-17-34)21-23-10-13-27(31-20-23)28(36)33-26-7-3-2-6-25(26)30/h2-3,6-13,20H,4-5,14-19,21,30H2,1H3,(H,32,37)(H,33,36). The monoisotopic (exact) mass is 516 g/mol. The van der Waals surface area contributed by atoms with Crippen molar-refractivity contribution in [3.8, 4) is 0 Å². The molecule has 2 heterocycles. The van der Waals surface area contributed by atoms with Gasteiger partial charge in [0.05, 0.1) is 24.6 Å². The number of unbranched alkanes of at least 4 members (excludes halogenated alkanes) is 1. The Kier molecular flexibility index (Phi) is 9.66. The lowest BCUT2D eigenvalue weighted by Gasteiger charge is -2.27. The van der Waals surface area contributed by atoms with E-state index < -0.39 is 0 Å². The van der Waals surface area contributed by atoms with Crippen LogP contribution in [-0.4, -0.2) is 66.1 Å². The number of morpholine rings is 1. The van der Waals surface area contributed by atoms with E-state index in [1.807, 2.05) is 37.3 Å². The van der Waals surface area contributed by atoms with E-state index in [1.165, 1.54) is 0 Å². The summed E-state index contributed by atoms with van der Waals surface area (Å²) >= 11 is 0. The number of benzene rings is 2. The van der Waals surface area contributed by atoms with E-state index in [0.717, 1.165) is 62.5 Å². The van der Waals surface area contributed by atoms with Gasteiger partial charge >= 0.3 is 6.03 Å². The number of hydrogen-bond acceptors (Lipinski definition) is 6. The van der Waals surface area contributed by atoms with Gasteiger partial charge < -0.3 is 26.0 Å². The zero-order valence-corrected chi connectivity index (χ0v) is 21.9. The fraction of sp³-hybridized carbons (Fsp3) is 0.345. The summed E-state index contributed by atoms with van der Waals surface area (Å²) in [6, 6.07) is 18.2. The summed E-state index contributed by atoms with van der Waals surface area (Å²) in [6.07, 6.45) is 3.52. The zero-order valence-electron chi connectivity index (χ0n) is 21.9. The molecule has 1 fully saturated rings. The predicted octanol–water partition coefficient (Wildman–Crippen LogP) is 4.37. The maximum Gasteiger partial charge on any atom is 0.322 e. The van der Waals surface area contributed by atoms with Gasteiger partial charge in [0.2, 0.25) is 0 Å². The highest BCUT2D eigenvalue weighted by atomic mass is 16.5. The minimum atomic E-state index is -0.341. The first kappa shape index (κ1) is 27.1. The third-order valence-electron chi connectivity index (χ3n) is 6.49. The van der Waals surface area contributed by atoms with Crippen molar-refractivity contribution in [2.24, 2.45) is 0 Å². The van der Waals surface area contributed by atoms with Gasteiger partial charge in [-0.05, 0) is 62.2 Å². The molecule has 4 rings (SSSR count). The number of anilines is 3. The summed E-state index contributed by atoms with van der Waals surface area (Å²) in [5, 5.41) is 5.79. The molecule has 0 radical (unpaired) electrons. The maximum absolute atomic E-state index is 13.2. The lowest BCUT2D eigenvalue weighted by atomic mass is 10.2. The van der Waals surface area contributed by atoms with E-state index in [0.29, 0.717) is 24.5 Å². The molecule has 4 N–H and O–H groups in total. The number of amides is 3. The van der Waals surface area contributed by atoms with Gasteiger partial charge in [-0.2, -0.15) is 0 Å². The quantitative estimate of drug-likeness (QED) is 0.272. The third kappa shape index (κ3) is 8.03. The molecule has 2 aromatic carbocycles. The Hall–Kier alpha value is -3.95. The normalized spacial score (nSPS) is 13.6. The van der Waals surface area contributed by atoms with Gasteiger partial charge in [0.1, 0.15) is 5.69 Å². The average molecular weight is 517 g/mol. The van der Waals surface area contributed by atoms with Crippen LogP contribution in [0.25, 0.3) is 0 Å². The van der Waals surface area contributed by atoms with Gasteiger partial charge in [-0.15, -0.1) is 0 Å². The molecule has 3 amide bonds. The van der Waals surface area contributed by atoms with E-state index in [-0.39, 0.29) is 17.6 Å². The number of carbonyl (C=O) groups excluding carboxylic acids is 2. The number of nitrogens with zero attached hydrogens (tertiary/aromatic N) is 3. The molecule has 3 aromatic rings. The fourth-order valence-electron chi connectivity index (χ4n) is 4.22. The van der Waals surface area contributed by atoms with Crippen LogP contribution in [0.4, 0.5) is 21.9 Å². The Balaban J connectivity index is 1.37. The summed E-state index contributed by atoms with van der Waals surface area (Å²) in [4.78, 5) is 34.4. The second-order valence-corrected chi connectivity index (χ2v) is 9.47. The van der Waals surface area contributed by atoms with E-state index >= 15 is 0 Å². The Bertz CT molecular complexity index is 1190. The van der Waals surface area contributed by atoms with Crippen LogP contribution in [0.15, 0.2) is 66.9 Å². The van der Waals surface area contributed by atoms with Crippen LogP contribution in [-0.2, 0) is 11.3 Å². The van der Waals surface area contributed by atoms with Crippen molar-refractivity contribution in [2.75, 3.05) is 55.8 Å². The Labute approximate surface area is 224 Å². The van der Waals surface area contributed by atoms with E-state index in [4.69, 9.17) is 10.5 Å². The molecule has 0 saturated carbocycles. The smallest absolute Gasteiger partial charge is 0.322 e. The van der Waals surface area contributed by atoms with Crippen molar-refractivity contribution in [2.45, 2.75) is 26.3 Å². The van der Waals surface area contributed by atoms with Crippen LogP contribution in [0.2, 0.25) is 0 Å². The zero-order chi connectivity index (χ0) is 26.7. The highest BCUT2D eigenvalue weighted by Gasteiger charge is 2.16. The SMILES string of the molecule is Cc1ccc(NC(=O)N(CCCCN2CCOCC2)Cc2ccc(C(=O)Nc3ccccc3N)nc2)cc1. The summed E-state index contributed by atoms with van der Waals surface area (Å²) in [6.45, 7) is 7.48. The first-order valence-electron chi connectivity index (χ1n) is 13.0. The number of pyridine rings is 1. The highest BCUT2D eigenvalue weighted by Crippen LogP contribution is 2.18. The number of aromatic nitrogens is 1. The molecular weight excluding hydrogens is 480 g/mol. The summed E-state index contributed by atoms with van der Waals surface area (Å²) < 4.78 is 5.42.